The lowest BCUT2D eigenvalue weighted by molar-refractivity contribution is 0.185. The second-order valence-corrected chi connectivity index (χ2v) is 6.77. The first-order valence-electron chi connectivity index (χ1n) is 9.66. The van der Waals surface area contributed by atoms with Gasteiger partial charge in [-0.15, -0.1) is 0 Å². The van der Waals surface area contributed by atoms with E-state index in [-0.39, 0.29) is 6.54 Å². The Bertz CT molecular complexity index is 822. The van der Waals surface area contributed by atoms with Gasteiger partial charge in [0.2, 0.25) is 0 Å². The predicted molar refractivity (Wildman–Crippen MR) is 111 cm³/mol. The van der Waals surface area contributed by atoms with Crippen LogP contribution in [0, 0.1) is 0 Å². The van der Waals surface area contributed by atoms with Crippen LogP contribution in [0.5, 0.6) is 11.5 Å². The Morgan fingerprint density at radius 2 is 1.89 bits per heavy atom. The van der Waals surface area contributed by atoms with Gasteiger partial charge in [0.05, 0.1) is 26.9 Å². The number of aliphatic hydroxyl groups excluding tert-OH is 1. The SMILES string of the molecule is CCNC(=NCC(O)c1ccc(OC)c(OC)c1)N1CCc2ccccc2C1. The largest absolute Gasteiger partial charge is 0.493 e. The molecule has 1 heterocycles. The third-order valence-corrected chi connectivity index (χ3v) is 4.97. The van der Waals surface area contributed by atoms with Gasteiger partial charge in [-0.25, -0.2) is 0 Å². The van der Waals surface area contributed by atoms with Crippen LogP contribution in [0.15, 0.2) is 47.5 Å². The predicted octanol–water partition coefficient (Wildman–Crippen LogP) is 2.76. The molecule has 1 aliphatic rings. The number of ether oxygens (including phenoxy) is 2. The summed E-state index contributed by atoms with van der Waals surface area (Å²) < 4.78 is 10.6. The first-order valence-corrected chi connectivity index (χ1v) is 9.66. The molecular formula is C22H29N3O3. The van der Waals surface area contributed by atoms with E-state index < -0.39 is 6.10 Å². The molecule has 3 rings (SSSR count). The molecule has 2 aromatic carbocycles. The lowest BCUT2D eigenvalue weighted by Crippen LogP contribution is -2.44. The highest BCUT2D eigenvalue weighted by Crippen LogP contribution is 2.30. The van der Waals surface area contributed by atoms with Crippen molar-refractivity contribution in [2.45, 2.75) is 26.0 Å². The van der Waals surface area contributed by atoms with Crippen LogP contribution in [0.25, 0.3) is 0 Å². The molecule has 0 aliphatic carbocycles. The van der Waals surface area contributed by atoms with Crippen LogP contribution in [0.3, 0.4) is 0 Å². The van der Waals surface area contributed by atoms with Gasteiger partial charge in [-0.1, -0.05) is 30.3 Å². The Kier molecular flexibility index (Phi) is 6.76. The molecule has 0 saturated heterocycles. The van der Waals surface area contributed by atoms with Gasteiger partial charge in [0.15, 0.2) is 17.5 Å². The minimum Gasteiger partial charge on any atom is -0.493 e. The standard InChI is InChI=1S/C22H29N3O3/c1-4-23-22(25-12-11-16-7-5-6-8-18(16)15-25)24-14-19(26)17-9-10-20(27-2)21(13-17)28-3/h5-10,13,19,26H,4,11-12,14-15H2,1-3H3,(H,23,24). The fourth-order valence-electron chi connectivity index (χ4n) is 3.44. The summed E-state index contributed by atoms with van der Waals surface area (Å²) in [5.41, 5.74) is 3.49. The maximum atomic E-state index is 10.6. The number of benzene rings is 2. The highest BCUT2D eigenvalue weighted by molar-refractivity contribution is 5.80. The topological polar surface area (TPSA) is 66.3 Å². The fourth-order valence-corrected chi connectivity index (χ4v) is 3.44. The van der Waals surface area contributed by atoms with Gasteiger partial charge < -0.3 is 24.8 Å². The van der Waals surface area contributed by atoms with Crippen molar-refractivity contribution in [3.05, 3.63) is 59.2 Å². The molecule has 1 aliphatic heterocycles. The van der Waals surface area contributed by atoms with Crippen molar-refractivity contribution in [3.63, 3.8) is 0 Å². The van der Waals surface area contributed by atoms with Crippen molar-refractivity contribution in [1.82, 2.24) is 10.2 Å². The lowest BCUT2D eigenvalue weighted by atomic mass is 10.0. The van der Waals surface area contributed by atoms with Crippen molar-refractivity contribution in [2.24, 2.45) is 4.99 Å². The summed E-state index contributed by atoms with van der Waals surface area (Å²) in [5, 5.41) is 14.0. The maximum Gasteiger partial charge on any atom is 0.194 e. The van der Waals surface area contributed by atoms with Crippen LogP contribution in [0.1, 0.15) is 29.7 Å². The number of rotatable bonds is 6. The van der Waals surface area contributed by atoms with Gasteiger partial charge in [0, 0.05) is 19.6 Å². The fraction of sp³-hybridized carbons (Fsp3) is 0.409. The monoisotopic (exact) mass is 383 g/mol. The van der Waals surface area contributed by atoms with Crippen LogP contribution in [0.2, 0.25) is 0 Å². The maximum absolute atomic E-state index is 10.6. The molecule has 0 radical (unpaired) electrons. The Labute approximate surface area is 166 Å². The van der Waals surface area contributed by atoms with Crippen LogP contribution < -0.4 is 14.8 Å². The highest BCUT2D eigenvalue weighted by Gasteiger charge is 2.19. The summed E-state index contributed by atoms with van der Waals surface area (Å²) in [6.45, 7) is 4.85. The van der Waals surface area contributed by atoms with Crippen LogP contribution >= 0.6 is 0 Å². The minimum absolute atomic E-state index is 0.274. The molecule has 0 saturated carbocycles. The normalized spacial score (nSPS) is 15.0. The Balaban J connectivity index is 1.72. The number of fused-ring (bicyclic) bond motifs is 1. The van der Waals surface area contributed by atoms with Crippen LogP contribution in [0.4, 0.5) is 0 Å². The Morgan fingerprint density at radius 3 is 2.61 bits per heavy atom. The van der Waals surface area contributed by atoms with Crippen molar-refractivity contribution >= 4 is 5.96 Å². The number of nitrogens with one attached hydrogen (secondary N) is 1. The molecule has 28 heavy (non-hydrogen) atoms. The molecule has 2 aromatic rings. The molecule has 150 valence electrons. The number of guanidine groups is 1. The van der Waals surface area contributed by atoms with E-state index in [9.17, 15) is 5.11 Å². The van der Waals surface area contributed by atoms with Crippen molar-refractivity contribution in [3.8, 4) is 11.5 Å². The molecule has 0 fully saturated rings. The van der Waals surface area contributed by atoms with E-state index in [1.165, 1.54) is 11.1 Å². The molecule has 6 nitrogen and oxygen atoms in total. The van der Waals surface area contributed by atoms with E-state index in [2.05, 4.69) is 41.4 Å². The van der Waals surface area contributed by atoms with Crippen molar-refractivity contribution in [1.29, 1.82) is 0 Å². The van der Waals surface area contributed by atoms with E-state index in [1.54, 1.807) is 26.4 Å². The van der Waals surface area contributed by atoms with E-state index in [4.69, 9.17) is 14.5 Å². The number of nitrogens with zero attached hydrogens (tertiary/aromatic N) is 2. The number of hydrogen-bond donors (Lipinski definition) is 2. The first-order chi connectivity index (χ1) is 13.7. The molecule has 0 spiro atoms. The van der Waals surface area contributed by atoms with Crippen molar-refractivity contribution < 1.29 is 14.6 Å². The van der Waals surface area contributed by atoms with Gasteiger partial charge in [0.25, 0.3) is 0 Å². The zero-order valence-electron chi connectivity index (χ0n) is 16.8. The minimum atomic E-state index is -0.717. The third-order valence-electron chi connectivity index (χ3n) is 4.97. The molecule has 0 aromatic heterocycles. The first kappa shape index (κ1) is 20.0. The highest BCUT2D eigenvalue weighted by atomic mass is 16.5. The average molecular weight is 383 g/mol. The van der Waals surface area contributed by atoms with E-state index in [0.717, 1.165) is 37.6 Å². The number of aliphatic hydroxyl groups is 1. The summed E-state index contributed by atoms with van der Waals surface area (Å²) in [5.74, 6) is 2.07. The molecule has 6 heteroatoms. The van der Waals surface area contributed by atoms with Gasteiger partial charge in [-0.05, 0) is 42.2 Å². The number of methoxy groups -OCH3 is 2. The quantitative estimate of drug-likeness (QED) is 0.593. The van der Waals surface area contributed by atoms with Gasteiger partial charge in [-0.3, -0.25) is 4.99 Å². The Hall–Kier alpha value is -2.73. The second kappa shape index (κ2) is 9.46. The molecule has 2 N–H and O–H groups in total. The molecule has 0 amide bonds. The molecule has 0 bridgehead atoms. The summed E-state index contributed by atoms with van der Waals surface area (Å²) >= 11 is 0. The zero-order valence-corrected chi connectivity index (χ0v) is 16.8. The third kappa shape index (κ3) is 4.57. The van der Waals surface area contributed by atoms with Crippen molar-refractivity contribution in [2.75, 3.05) is 33.9 Å². The van der Waals surface area contributed by atoms with Gasteiger partial charge in [0.1, 0.15) is 0 Å². The molecular weight excluding hydrogens is 354 g/mol. The van der Waals surface area contributed by atoms with Crippen LogP contribution in [-0.2, 0) is 13.0 Å². The summed E-state index contributed by atoms with van der Waals surface area (Å²) in [4.78, 5) is 6.94. The van der Waals surface area contributed by atoms with E-state index >= 15 is 0 Å². The number of aliphatic imine (C=N–C) groups is 1. The molecule has 1 atom stereocenters. The lowest BCUT2D eigenvalue weighted by Gasteiger charge is -2.31. The van der Waals surface area contributed by atoms with Gasteiger partial charge >= 0.3 is 0 Å². The van der Waals surface area contributed by atoms with Gasteiger partial charge in [-0.2, -0.15) is 0 Å². The average Bonchev–Trinajstić information content (AvgIpc) is 2.75. The summed E-state index contributed by atoms with van der Waals surface area (Å²) in [7, 11) is 3.18. The zero-order chi connectivity index (χ0) is 19.9. The van der Waals surface area contributed by atoms with Crippen LogP contribution in [-0.4, -0.2) is 49.8 Å². The molecule has 1 unspecified atom stereocenters. The summed E-state index contributed by atoms with van der Waals surface area (Å²) in [6, 6.07) is 14.0. The smallest absolute Gasteiger partial charge is 0.194 e. The number of hydrogen-bond acceptors (Lipinski definition) is 4. The van der Waals surface area contributed by atoms with E-state index in [0.29, 0.717) is 11.5 Å². The summed E-state index contributed by atoms with van der Waals surface area (Å²) in [6.07, 6.45) is 0.282. The van der Waals surface area contributed by atoms with E-state index in [1.807, 2.05) is 6.07 Å². The second-order valence-electron chi connectivity index (χ2n) is 6.77. The Morgan fingerprint density at radius 1 is 1.14 bits per heavy atom.